The lowest BCUT2D eigenvalue weighted by atomic mass is 10.0. The van der Waals surface area contributed by atoms with Crippen molar-refractivity contribution < 1.29 is 24.2 Å². The number of carbonyl (C=O) groups is 3. The summed E-state index contributed by atoms with van der Waals surface area (Å²) in [5.74, 6) is -1.21. The molecule has 0 aliphatic carbocycles. The second-order valence-electron chi connectivity index (χ2n) is 16.9. The van der Waals surface area contributed by atoms with Crippen molar-refractivity contribution in [3.8, 4) is 0 Å². The van der Waals surface area contributed by atoms with Gasteiger partial charge in [-0.25, -0.2) is 4.79 Å². The molecule has 2 unspecified atom stereocenters. The summed E-state index contributed by atoms with van der Waals surface area (Å²) in [5.41, 5.74) is 5.49. The van der Waals surface area contributed by atoms with E-state index in [1.807, 2.05) is 0 Å². The third-order valence-electron chi connectivity index (χ3n) is 11.4. The number of ether oxygens (including phenoxy) is 1. The van der Waals surface area contributed by atoms with Gasteiger partial charge in [0.05, 0.1) is 0 Å². The van der Waals surface area contributed by atoms with Crippen LogP contribution in [-0.4, -0.2) is 41.6 Å². The fourth-order valence-corrected chi connectivity index (χ4v) is 7.75. The number of carboxylic acid groups (broad SMARTS) is 1. The van der Waals surface area contributed by atoms with Gasteiger partial charge < -0.3 is 20.9 Å². The van der Waals surface area contributed by atoms with Crippen molar-refractivity contribution in [2.75, 3.05) is 6.54 Å². The number of hydrogen-bond acceptors (Lipinski definition) is 5. The Morgan fingerprint density at radius 2 is 0.782 bits per heavy atom. The molecule has 326 valence electrons. The predicted molar refractivity (Wildman–Crippen MR) is 235 cm³/mol. The molecule has 0 aromatic heterocycles. The first-order valence-corrected chi connectivity index (χ1v) is 24.4. The van der Waals surface area contributed by atoms with Crippen molar-refractivity contribution >= 4 is 17.8 Å². The largest absolute Gasteiger partial charge is 0.480 e. The number of nitrogens with one attached hydrogen (secondary N) is 1. The lowest BCUT2D eigenvalue weighted by molar-refractivity contribution is -0.150. The van der Waals surface area contributed by atoms with E-state index in [1.165, 1.54) is 167 Å². The van der Waals surface area contributed by atoms with Gasteiger partial charge in [0.15, 0.2) is 0 Å². The molecule has 2 atom stereocenters. The Labute approximate surface area is 341 Å². The molecule has 55 heavy (non-hydrogen) atoms. The Balaban J connectivity index is 4.09. The van der Waals surface area contributed by atoms with E-state index in [2.05, 4.69) is 19.2 Å². The van der Waals surface area contributed by atoms with E-state index in [4.69, 9.17) is 10.5 Å². The van der Waals surface area contributed by atoms with Gasteiger partial charge in [0.25, 0.3) is 0 Å². The summed E-state index contributed by atoms with van der Waals surface area (Å²) < 4.78 is 6.06. The third kappa shape index (κ3) is 40.4. The van der Waals surface area contributed by atoms with E-state index in [0.717, 1.165) is 64.2 Å². The Morgan fingerprint density at radius 1 is 0.455 bits per heavy atom. The van der Waals surface area contributed by atoms with E-state index in [1.54, 1.807) is 0 Å². The summed E-state index contributed by atoms with van der Waals surface area (Å²) in [6, 6.07) is -0.852. The highest BCUT2D eigenvalue weighted by atomic mass is 16.5. The number of amides is 1. The van der Waals surface area contributed by atoms with Crippen molar-refractivity contribution in [3.05, 3.63) is 0 Å². The van der Waals surface area contributed by atoms with E-state index >= 15 is 0 Å². The molecule has 0 aromatic carbocycles. The normalized spacial score (nSPS) is 12.5. The second kappa shape index (κ2) is 43.5. The molecule has 0 heterocycles. The van der Waals surface area contributed by atoms with Gasteiger partial charge in [-0.3, -0.25) is 9.59 Å². The smallest absolute Gasteiger partial charge is 0.326 e. The highest BCUT2D eigenvalue weighted by Gasteiger charge is 2.19. The first-order chi connectivity index (χ1) is 26.9. The molecular weight excluding hydrogens is 685 g/mol. The summed E-state index contributed by atoms with van der Waals surface area (Å²) >= 11 is 0. The van der Waals surface area contributed by atoms with Crippen molar-refractivity contribution in [1.82, 2.24) is 5.32 Å². The number of esters is 1. The summed E-state index contributed by atoms with van der Waals surface area (Å²) in [6.07, 6.45) is 47.4. The zero-order valence-corrected chi connectivity index (χ0v) is 36.8. The summed E-state index contributed by atoms with van der Waals surface area (Å²) in [4.78, 5) is 36.4. The van der Waals surface area contributed by atoms with Gasteiger partial charge in [0, 0.05) is 12.8 Å². The predicted octanol–water partition coefficient (Wildman–Crippen LogP) is 14.1. The Kier molecular flexibility index (Phi) is 42.2. The lowest BCUT2D eigenvalue weighted by Gasteiger charge is -2.18. The van der Waals surface area contributed by atoms with Gasteiger partial charge in [-0.05, 0) is 57.9 Å². The van der Waals surface area contributed by atoms with Crippen LogP contribution in [0.4, 0.5) is 0 Å². The van der Waals surface area contributed by atoms with Gasteiger partial charge in [-0.15, -0.1) is 0 Å². The zero-order valence-electron chi connectivity index (χ0n) is 36.8. The minimum atomic E-state index is -1.000. The van der Waals surface area contributed by atoms with Crippen molar-refractivity contribution in [2.24, 2.45) is 5.73 Å². The molecule has 1 amide bonds. The van der Waals surface area contributed by atoms with Crippen LogP contribution in [0.1, 0.15) is 271 Å². The van der Waals surface area contributed by atoms with Crippen LogP contribution in [0.15, 0.2) is 0 Å². The number of carbonyl (C=O) groups excluding carboxylic acids is 2. The Morgan fingerprint density at radius 3 is 1.13 bits per heavy atom. The monoisotopic (exact) mass is 779 g/mol. The minimum Gasteiger partial charge on any atom is -0.480 e. The number of hydrogen-bond donors (Lipinski definition) is 3. The molecule has 0 spiro atoms. The van der Waals surface area contributed by atoms with E-state index < -0.39 is 12.0 Å². The van der Waals surface area contributed by atoms with Crippen LogP contribution in [-0.2, 0) is 19.1 Å². The van der Waals surface area contributed by atoms with Crippen LogP contribution in [0.3, 0.4) is 0 Å². The molecule has 0 aromatic rings. The lowest BCUT2D eigenvalue weighted by Crippen LogP contribution is -2.40. The van der Waals surface area contributed by atoms with Gasteiger partial charge >= 0.3 is 11.9 Å². The van der Waals surface area contributed by atoms with Crippen LogP contribution in [0.2, 0.25) is 0 Å². The Hall–Kier alpha value is -1.63. The second-order valence-corrected chi connectivity index (χ2v) is 16.9. The number of rotatable bonds is 45. The van der Waals surface area contributed by atoms with Gasteiger partial charge in [-0.2, -0.15) is 0 Å². The van der Waals surface area contributed by atoms with E-state index in [-0.39, 0.29) is 18.0 Å². The summed E-state index contributed by atoms with van der Waals surface area (Å²) in [7, 11) is 0. The van der Waals surface area contributed by atoms with Crippen LogP contribution in [0.25, 0.3) is 0 Å². The van der Waals surface area contributed by atoms with E-state index in [9.17, 15) is 19.5 Å². The molecule has 0 fully saturated rings. The van der Waals surface area contributed by atoms with Crippen LogP contribution < -0.4 is 11.1 Å². The van der Waals surface area contributed by atoms with Crippen molar-refractivity contribution in [2.45, 2.75) is 283 Å². The summed E-state index contributed by atoms with van der Waals surface area (Å²) in [5, 5.41) is 11.9. The number of carboxylic acids is 1. The van der Waals surface area contributed by atoms with E-state index in [0.29, 0.717) is 32.2 Å². The molecular formula is C48H94N2O5. The highest BCUT2D eigenvalue weighted by molar-refractivity contribution is 5.83. The molecule has 0 radical (unpaired) electrons. The quantitative estimate of drug-likeness (QED) is 0.0418. The van der Waals surface area contributed by atoms with Crippen molar-refractivity contribution in [1.29, 1.82) is 0 Å². The highest BCUT2D eigenvalue weighted by Crippen LogP contribution is 2.20. The summed E-state index contributed by atoms with van der Waals surface area (Å²) in [6.45, 7) is 4.97. The topological polar surface area (TPSA) is 119 Å². The molecule has 0 rings (SSSR count). The standard InChI is InChI=1S/C48H94N2O5/c1-3-5-7-9-11-13-14-15-16-17-18-19-20-21-22-23-25-27-32-36-42-47(52)55-44(38-33-29-26-24-12-10-8-6-4-2)39-34-30-28-31-35-41-46(51)50-45(48(53)54)40-37-43-49/h44-45H,3-43,49H2,1-2H3,(H,50,51)(H,53,54). The third-order valence-corrected chi connectivity index (χ3v) is 11.4. The van der Waals surface area contributed by atoms with Gasteiger partial charge in [-0.1, -0.05) is 206 Å². The maximum Gasteiger partial charge on any atom is 0.326 e. The first kappa shape index (κ1) is 53.4. The Bertz CT molecular complexity index is 837. The average Bonchev–Trinajstić information content (AvgIpc) is 3.17. The first-order valence-electron chi connectivity index (χ1n) is 24.4. The number of nitrogens with two attached hydrogens (primary N) is 1. The van der Waals surface area contributed by atoms with Crippen LogP contribution in [0, 0.1) is 0 Å². The fourth-order valence-electron chi connectivity index (χ4n) is 7.75. The fraction of sp³-hybridized carbons (Fsp3) is 0.938. The van der Waals surface area contributed by atoms with Crippen molar-refractivity contribution in [3.63, 3.8) is 0 Å². The van der Waals surface area contributed by atoms with Crippen LogP contribution >= 0.6 is 0 Å². The number of aliphatic carboxylic acids is 1. The minimum absolute atomic E-state index is 0.0135. The van der Waals surface area contributed by atoms with Gasteiger partial charge in [0.1, 0.15) is 12.1 Å². The number of unbranched alkanes of at least 4 members (excludes halogenated alkanes) is 31. The maximum absolute atomic E-state index is 12.8. The molecule has 4 N–H and O–H groups in total. The molecule has 7 nitrogen and oxygen atoms in total. The SMILES string of the molecule is CCCCCCCCCCCCCCCCCCCCCCC(=O)OC(CCCCCCCCCCC)CCCCCCCC(=O)NC(CCCN)C(=O)O. The molecule has 0 saturated carbocycles. The maximum atomic E-state index is 12.8. The molecule has 0 aliphatic heterocycles. The average molecular weight is 779 g/mol. The molecule has 0 aliphatic rings. The molecule has 0 saturated heterocycles. The van der Waals surface area contributed by atoms with Gasteiger partial charge in [0.2, 0.25) is 5.91 Å². The molecule has 0 bridgehead atoms. The molecule has 7 heteroatoms. The van der Waals surface area contributed by atoms with Crippen LogP contribution in [0.5, 0.6) is 0 Å². The zero-order chi connectivity index (χ0) is 40.3.